The number of aliphatic hydroxyl groups is 2. The Morgan fingerprint density at radius 3 is 2.75 bits per heavy atom. The second kappa shape index (κ2) is 12.1. The van der Waals surface area contributed by atoms with Crippen LogP contribution < -0.4 is 0 Å². The van der Waals surface area contributed by atoms with Crippen LogP contribution in [0, 0.1) is 22.7 Å². The lowest BCUT2D eigenvalue weighted by Gasteiger charge is -2.42. The highest BCUT2D eigenvalue weighted by Crippen LogP contribution is 2.57. The van der Waals surface area contributed by atoms with E-state index in [-0.39, 0.29) is 10.8 Å². The summed E-state index contributed by atoms with van der Waals surface area (Å²) in [4.78, 5) is 5.43. The molecular weight excluding hydrogens is 446 g/mol. The Labute approximate surface area is 219 Å². The first kappa shape index (κ1) is 28.7. The summed E-state index contributed by atoms with van der Waals surface area (Å²) in [5.41, 5.74) is 6.25. The lowest BCUT2D eigenvalue weighted by atomic mass is 9.62. The lowest BCUT2D eigenvalue weighted by molar-refractivity contribution is 0.0862. The molecule has 0 aromatic carbocycles. The fraction of sp³-hybridized carbons (Fsp3) is 0.656. The molecule has 0 aliphatic heterocycles. The van der Waals surface area contributed by atoms with Crippen molar-refractivity contribution in [3.8, 4) is 0 Å². The molecule has 4 nitrogen and oxygen atoms in total. The zero-order valence-electron chi connectivity index (χ0n) is 23.4. The largest absolute Gasteiger partial charge is 0.393 e. The first-order valence-electron chi connectivity index (χ1n) is 13.9. The molecule has 0 spiro atoms. The van der Waals surface area contributed by atoms with E-state index in [0.717, 1.165) is 49.0 Å². The molecule has 3 aliphatic carbocycles. The zero-order chi connectivity index (χ0) is 26.5. The van der Waals surface area contributed by atoms with Gasteiger partial charge in [-0.25, -0.2) is 0 Å². The first-order chi connectivity index (χ1) is 17.0. The summed E-state index contributed by atoms with van der Waals surface area (Å²) in [6.45, 7) is 19.7. The van der Waals surface area contributed by atoms with Crippen LogP contribution in [0.5, 0.6) is 0 Å². The van der Waals surface area contributed by atoms with Crippen LogP contribution >= 0.6 is 0 Å². The molecule has 0 aromatic heterocycles. The predicted octanol–water partition coefficient (Wildman–Crippen LogP) is 7.46. The summed E-state index contributed by atoms with van der Waals surface area (Å²) in [6, 6.07) is 0. The summed E-state index contributed by atoms with van der Waals surface area (Å²) in [7, 11) is 0. The molecule has 2 fully saturated rings. The van der Waals surface area contributed by atoms with E-state index in [1.54, 1.807) is 11.6 Å². The molecule has 0 amide bonds. The molecular formula is C32H49NO3. The molecule has 0 bridgehead atoms. The van der Waals surface area contributed by atoms with Gasteiger partial charge in [-0.15, -0.1) is 0 Å². The van der Waals surface area contributed by atoms with E-state index in [1.807, 2.05) is 0 Å². The SMILES string of the molecule is C=CCON=C(CCC[C@@H](C)C1=CC[C@H]2/C(=C/C=C3/C[C@@H](O)C[C@H](O)C3=C)CCC[C@]12C)C(C)(C)C. The van der Waals surface area contributed by atoms with Crippen LogP contribution in [0.2, 0.25) is 0 Å². The maximum atomic E-state index is 10.2. The van der Waals surface area contributed by atoms with Gasteiger partial charge in [0.2, 0.25) is 0 Å². The molecule has 3 aliphatic rings. The quantitative estimate of drug-likeness (QED) is 0.151. The summed E-state index contributed by atoms with van der Waals surface area (Å²) in [5.74, 6) is 1.10. The van der Waals surface area contributed by atoms with Gasteiger partial charge in [0.1, 0.15) is 6.61 Å². The minimum atomic E-state index is -0.631. The number of hydrogen-bond donors (Lipinski definition) is 2. The minimum absolute atomic E-state index is 0.00140. The number of aliphatic hydroxyl groups excluding tert-OH is 2. The monoisotopic (exact) mass is 495 g/mol. The average molecular weight is 496 g/mol. The smallest absolute Gasteiger partial charge is 0.135 e. The number of fused-ring (bicyclic) bond motifs is 1. The van der Waals surface area contributed by atoms with Crippen LogP contribution in [0.1, 0.15) is 92.4 Å². The predicted molar refractivity (Wildman–Crippen MR) is 151 cm³/mol. The van der Waals surface area contributed by atoms with Crippen molar-refractivity contribution in [3.63, 3.8) is 0 Å². The third-order valence-corrected chi connectivity index (χ3v) is 8.69. The van der Waals surface area contributed by atoms with Crippen LogP contribution in [0.3, 0.4) is 0 Å². The Morgan fingerprint density at radius 1 is 1.31 bits per heavy atom. The van der Waals surface area contributed by atoms with Crippen molar-refractivity contribution in [2.24, 2.45) is 27.8 Å². The third-order valence-electron chi connectivity index (χ3n) is 8.69. The van der Waals surface area contributed by atoms with E-state index in [9.17, 15) is 10.2 Å². The van der Waals surface area contributed by atoms with Crippen molar-refractivity contribution < 1.29 is 15.1 Å². The highest BCUT2D eigenvalue weighted by molar-refractivity contribution is 5.88. The molecule has 2 saturated carbocycles. The normalized spacial score (nSPS) is 32.4. The van der Waals surface area contributed by atoms with Gasteiger partial charge in [-0.05, 0) is 79.8 Å². The van der Waals surface area contributed by atoms with Crippen LogP contribution in [-0.4, -0.2) is 34.7 Å². The molecule has 5 atom stereocenters. The second-order valence-corrected chi connectivity index (χ2v) is 12.5. The maximum absolute atomic E-state index is 10.2. The second-order valence-electron chi connectivity index (χ2n) is 12.5. The molecule has 0 aromatic rings. The van der Waals surface area contributed by atoms with Gasteiger partial charge >= 0.3 is 0 Å². The van der Waals surface area contributed by atoms with Gasteiger partial charge in [0, 0.05) is 11.8 Å². The summed E-state index contributed by atoms with van der Waals surface area (Å²) in [5, 5.41) is 24.7. The number of hydrogen-bond acceptors (Lipinski definition) is 4. The van der Waals surface area contributed by atoms with Crippen molar-refractivity contribution in [2.75, 3.05) is 6.61 Å². The van der Waals surface area contributed by atoms with Crippen molar-refractivity contribution in [3.05, 3.63) is 59.8 Å². The van der Waals surface area contributed by atoms with E-state index < -0.39 is 12.2 Å². The molecule has 3 rings (SSSR count). The number of rotatable bonds is 9. The van der Waals surface area contributed by atoms with Gasteiger partial charge in [0.05, 0.1) is 17.9 Å². The Bertz CT molecular complexity index is 932. The van der Waals surface area contributed by atoms with Gasteiger partial charge in [0.25, 0.3) is 0 Å². The van der Waals surface area contributed by atoms with Crippen LogP contribution in [0.4, 0.5) is 0 Å². The Hall–Kier alpha value is -1.91. The molecule has 0 unspecified atom stereocenters. The van der Waals surface area contributed by atoms with Crippen LogP contribution in [0.25, 0.3) is 0 Å². The molecule has 2 N–H and O–H groups in total. The fourth-order valence-electron chi connectivity index (χ4n) is 6.54. The first-order valence-corrected chi connectivity index (χ1v) is 13.9. The lowest BCUT2D eigenvalue weighted by Crippen LogP contribution is -2.32. The van der Waals surface area contributed by atoms with Gasteiger partial charge in [-0.2, -0.15) is 0 Å². The van der Waals surface area contributed by atoms with E-state index in [2.05, 4.69) is 71.2 Å². The molecule has 0 radical (unpaired) electrons. The van der Waals surface area contributed by atoms with Gasteiger partial charge in [0.15, 0.2) is 0 Å². The molecule has 36 heavy (non-hydrogen) atoms. The topological polar surface area (TPSA) is 62.0 Å². The Balaban J connectivity index is 1.65. The van der Waals surface area contributed by atoms with Crippen molar-refractivity contribution in [1.82, 2.24) is 0 Å². The fourth-order valence-corrected chi connectivity index (χ4v) is 6.54. The summed E-state index contributed by atoms with van der Waals surface area (Å²) < 4.78 is 0. The van der Waals surface area contributed by atoms with Crippen molar-refractivity contribution in [2.45, 2.75) is 105 Å². The number of oxime groups is 1. The summed E-state index contributed by atoms with van der Waals surface area (Å²) in [6.07, 6.45) is 16.4. The van der Waals surface area contributed by atoms with Gasteiger partial charge in [-0.1, -0.05) is 88.4 Å². The summed E-state index contributed by atoms with van der Waals surface area (Å²) >= 11 is 0. The Morgan fingerprint density at radius 2 is 2.06 bits per heavy atom. The van der Waals surface area contributed by atoms with Gasteiger partial charge in [-0.3, -0.25) is 0 Å². The molecule has 0 saturated heterocycles. The number of nitrogens with zero attached hydrogens (tertiary/aromatic N) is 1. The highest BCUT2D eigenvalue weighted by Gasteiger charge is 2.45. The van der Waals surface area contributed by atoms with E-state index in [1.165, 1.54) is 18.4 Å². The molecule has 0 heterocycles. The molecule has 4 heteroatoms. The minimum Gasteiger partial charge on any atom is -0.393 e. The zero-order valence-corrected chi connectivity index (χ0v) is 23.4. The van der Waals surface area contributed by atoms with Crippen LogP contribution in [-0.2, 0) is 4.84 Å². The highest BCUT2D eigenvalue weighted by atomic mass is 16.6. The van der Waals surface area contributed by atoms with Crippen molar-refractivity contribution >= 4 is 5.71 Å². The van der Waals surface area contributed by atoms with Crippen molar-refractivity contribution in [1.29, 1.82) is 0 Å². The average Bonchev–Trinajstić information content (AvgIpc) is 3.16. The van der Waals surface area contributed by atoms with Crippen LogP contribution in [0.15, 0.2) is 64.9 Å². The number of allylic oxidation sites excluding steroid dienone is 5. The van der Waals surface area contributed by atoms with E-state index in [0.29, 0.717) is 31.3 Å². The standard InChI is InChI=1S/C32H49NO3/c1-8-19-36-33-30(31(4,5)6)13-9-11-22(2)27-16-17-28-24(12-10-18-32(27,28)7)14-15-25-20-26(34)21-29(35)23(25)3/h8,14-16,22,26,28-29,34-35H,1,3,9-13,17-21H2,2,4-7H3/b24-14+,25-15-,33-30?/t22-,26-,28+,29+,32-/m1/s1. The molecule has 200 valence electrons. The van der Waals surface area contributed by atoms with E-state index >= 15 is 0 Å². The van der Waals surface area contributed by atoms with Gasteiger partial charge < -0.3 is 15.1 Å². The Kier molecular flexibility index (Phi) is 9.62. The maximum Gasteiger partial charge on any atom is 0.135 e. The third kappa shape index (κ3) is 6.69. The van der Waals surface area contributed by atoms with E-state index in [4.69, 9.17) is 4.84 Å².